The zero-order valence-electron chi connectivity index (χ0n) is 10.9. The molecule has 0 unspecified atom stereocenters. The Kier molecular flexibility index (Phi) is 4.66. The Bertz CT molecular complexity index is 581. The molecular weight excluding hydrogens is 328 g/mol. The quantitative estimate of drug-likeness (QED) is 0.912. The predicted molar refractivity (Wildman–Crippen MR) is 80.7 cm³/mol. The second-order valence-corrected chi connectivity index (χ2v) is 6.14. The topological polar surface area (TPSA) is 38.0 Å². The molecule has 0 aliphatic rings. The molecular formula is C14H16BrClN2O. The van der Waals surface area contributed by atoms with Crippen LogP contribution in [0.15, 0.2) is 28.7 Å². The molecule has 0 spiro atoms. The third kappa shape index (κ3) is 3.19. The van der Waals surface area contributed by atoms with Crippen LogP contribution in [0, 0.1) is 5.92 Å². The molecule has 2 aromatic rings. The van der Waals surface area contributed by atoms with E-state index < -0.39 is 0 Å². The van der Waals surface area contributed by atoms with Crippen molar-refractivity contribution in [1.29, 1.82) is 0 Å². The van der Waals surface area contributed by atoms with Crippen molar-refractivity contribution in [1.82, 2.24) is 9.78 Å². The molecule has 3 nitrogen and oxygen atoms in total. The number of aliphatic hydroxyl groups excluding tert-OH is 1. The minimum Gasteiger partial charge on any atom is -0.391 e. The normalized spacial score (nSPS) is 11.3. The minimum absolute atomic E-state index is 0.0884. The van der Waals surface area contributed by atoms with Crippen molar-refractivity contribution in [3.05, 3.63) is 45.1 Å². The van der Waals surface area contributed by atoms with E-state index in [-0.39, 0.29) is 6.61 Å². The Balaban J connectivity index is 2.49. The summed E-state index contributed by atoms with van der Waals surface area (Å²) in [6, 6.07) is 7.75. The first kappa shape index (κ1) is 14.6. The van der Waals surface area contributed by atoms with Gasteiger partial charge in [-0.3, -0.25) is 0 Å². The van der Waals surface area contributed by atoms with E-state index in [1.54, 1.807) is 4.68 Å². The van der Waals surface area contributed by atoms with Crippen LogP contribution in [-0.4, -0.2) is 14.9 Å². The van der Waals surface area contributed by atoms with Crippen LogP contribution in [0.4, 0.5) is 0 Å². The van der Waals surface area contributed by atoms with Gasteiger partial charge in [-0.25, -0.2) is 4.68 Å². The lowest BCUT2D eigenvalue weighted by atomic mass is 10.1. The number of nitrogens with zero attached hydrogens (tertiary/aromatic N) is 2. The summed E-state index contributed by atoms with van der Waals surface area (Å²) in [4.78, 5) is 0. The molecule has 0 aliphatic heterocycles. The van der Waals surface area contributed by atoms with Gasteiger partial charge in [0.25, 0.3) is 0 Å². The fraction of sp³-hybridized carbons (Fsp3) is 0.357. The number of aliphatic hydroxyl groups is 1. The maximum Gasteiger partial charge on any atom is 0.138 e. The van der Waals surface area contributed by atoms with E-state index in [2.05, 4.69) is 34.9 Å². The lowest BCUT2D eigenvalue weighted by Gasteiger charge is -2.03. The Labute approximate surface area is 126 Å². The molecule has 1 aromatic carbocycles. The van der Waals surface area contributed by atoms with Gasteiger partial charge in [0, 0.05) is 10.0 Å². The van der Waals surface area contributed by atoms with Crippen LogP contribution < -0.4 is 0 Å². The van der Waals surface area contributed by atoms with E-state index >= 15 is 0 Å². The van der Waals surface area contributed by atoms with Crippen LogP contribution in [0.3, 0.4) is 0 Å². The van der Waals surface area contributed by atoms with Gasteiger partial charge in [-0.05, 0) is 30.5 Å². The summed E-state index contributed by atoms with van der Waals surface area (Å²) in [5.74, 6) is 0.465. The lowest BCUT2D eigenvalue weighted by Crippen LogP contribution is -2.00. The van der Waals surface area contributed by atoms with E-state index in [0.29, 0.717) is 11.1 Å². The fourth-order valence-electron chi connectivity index (χ4n) is 1.96. The molecule has 0 saturated carbocycles. The Morgan fingerprint density at radius 3 is 2.74 bits per heavy atom. The summed E-state index contributed by atoms with van der Waals surface area (Å²) in [6.07, 6.45) is 0.802. The molecule has 0 radical (unpaired) electrons. The van der Waals surface area contributed by atoms with E-state index in [0.717, 1.165) is 27.8 Å². The number of halogens is 2. The first-order valence-corrected chi connectivity index (χ1v) is 7.33. The lowest BCUT2D eigenvalue weighted by molar-refractivity contribution is 0.280. The van der Waals surface area contributed by atoms with Gasteiger partial charge in [0.05, 0.1) is 18.0 Å². The van der Waals surface area contributed by atoms with Crippen molar-refractivity contribution in [2.75, 3.05) is 0 Å². The van der Waals surface area contributed by atoms with Crippen molar-refractivity contribution >= 4 is 27.5 Å². The third-order valence-electron chi connectivity index (χ3n) is 2.82. The maximum absolute atomic E-state index is 9.48. The molecule has 0 atom stereocenters. The summed E-state index contributed by atoms with van der Waals surface area (Å²) < 4.78 is 2.64. The van der Waals surface area contributed by atoms with Crippen LogP contribution in [0.2, 0.25) is 5.15 Å². The molecule has 1 aromatic heterocycles. The summed E-state index contributed by atoms with van der Waals surface area (Å²) >= 11 is 9.76. The Morgan fingerprint density at radius 1 is 1.42 bits per heavy atom. The molecule has 0 saturated heterocycles. The summed E-state index contributed by atoms with van der Waals surface area (Å²) in [6.45, 7) is 4.15. The van der Waals surface area contributed by atoms with E-state index in [1.165, 1.54) is 0 Å². The van der Waals surface area contributed by atoms with Crippen molar-refractivity contribution in [2.24, 2.45) is 5.92 Å². The molecule has 19 heavy (non-hydrogen) atoms. The molecule has 0 amide bonds. The van der Waals surface area contributed by atoms with Gasteiger partial charge < -0.3 is 5.11 Å². The molecule has 5 heteroatoms. The Morgan fingerprint density at radius 2 is 2.16 bits per heavy atom. The molecule has 0 aliphatic carbocycles. The van der Waals surface area contributed by atoms with Crippen molar-refractivity contribution < 1.29 is 5.11 Å². The standard InChI is InChI=1S/C14H16BrClN2O/c1-9(2)6-13-12(8-19)14(16)18(17-13)11-5-3-4-10(15)7-11/h3-5,7,9,19H,6,8H2,1-2H3. The van der Waals surface area contributed by atoms with Crippen LogP contribution in [0.25, 0.3) is 5.69 Å². The number of hydrogen-bond acceptors (Lipinski definition) is 2. The van der Waals surface area contributed by atoms with E-state index in [4.69, 9.17) is 11.6 Å². The highest BCUT2D eigenvalue weighted by Gasteiger charge is 2.17. The maximum atomic E-state index is 9.48. The average Bonchev–Trinajstić information content (AvgIpc) is 2.65. The number of rotatable bonds is 4. The van der Waals surface area contributed by atoms with Gasteiger partial charge in [-0.1, -0.05) is 47.4 Å². The smallest absolute Gasteiger partial charge is 0.138 e. The average molecular weight is 344 g/mol. The van der Waals surface area contributed by atoms with Crippen LogP contribution in [-0.2, 0) is 13.0 Å². The predicted octanol–water partition coefficient (Wildman–Crippen LogP) is 3.98. The Hall–Kier alpha value is -0.840. The molecule has 1 heterocycles. The zero-order chi connectivity index (χ0) is 14.0. The second kappa shape index (κ2) is 6.07. The van der Waals surface area contributed by atoms with Gasteiger partial charge in [-0.15, -0.1) is 0 Å². The van der Waals surface area contributed by atoms with Crippen LogP contribution in [0.1, 0.15) is 25.1 Å². The first-order chi connectivity index (χ1) is 9.02. The zero-order valence-corrected chi connectivity index (χ0v) is 13.2. The van der Waals surface area contributed by atoms with Crippen molar-refractivity contribution in [2.45, 2.75) is 26.9 Å². The summed E-state index contributed by atoms with van der Waals surface area (Å²) in [7, 11) is 0. The van der Waals surface area contributed by atoms with Gasteiger partial charge in [-0.2, -0.15) is 5.10 Å². The molecule has 1 N–H and O–H groups in total. The highest BCUT2D eigenvalue weighted by Crippen LogP contribution is 2.26. The third-order valence-corrected chi connectivity index (χ3v) is 3.70. The van der Waals surface area contributed by atoms with E-state index in [9.17, 15) is 5.11 Å². The summed E-state index contributed by atoms with van der Waals surface area (Å²) in [5.41, 5.74) is 2.46. The first-order valence-electron chi connectivity index (χ1n) is 6.16. The number of benzene rings is 1. The number of hydrogen-bond donors (Lipinski definition) is 1. The van der Waals surface area contributed by atoms with Crippen LogP contribution >= 0.6 is 27.5 Å². The van der Waals surface area contributed by atoms with Gasteiger partial charge in [0.2, 0.25) is 0 Å². The van der Waals surface area contributed by atoms with Crippen molar-refractivity contribution in [3.63, 3.8) is 0 Å². The van der Waals surface area contributed by atoms with Crippen LogP contribution in [0.5, 0.6) is 0 Å². The van der Waals surface area contributed by atoms with Crippen molar-refractivity contribution in [3.8, 4) is 5.69 Å². The molecule has 102 valence electrons. The van der Waals surface area contributed by atoms with Gasteiger partial charge in [0.15, 0.2) is 0 Å². The number of aromatic nitrogens is 2. The minimum atomic E-state index is -0.0884. The molecule has 0 bridgehead atoms. The monoisotopic (exact) mass is 342 g/mol. The summed E-state index contributed by atoms with van der Waals surface area (Å²) in [5, 5.41) is 14.5. The van der Waals surface area contributed by atoms with E-state index in [1.807, 2.05) is 24.3 Å². The second-order valence-electron chi connectivity index (χ2n) is 4.86. The van der Waals surface area contributed by atoms with Gasteiger partial charge in [0.1, 0.15) is 5.15 Å². The van der Waals surface area contributed by atoms with Gasteiger partial charge >= 0.3 is 0 Å². The molecule has 2 rings (SSSR count). The fourth-order valence-corrected chi connectivity index (χ4v) is 2.65. The highest BCUT2D eigenvalue weighted by molar-refractivity contribution is 9.10. The highest BCUT2D eigenvalue weighted by atomic mass is 79.9. The molecule has 0 fully saturated rings. The largest absolute Gasteiger partial charge is 0.391 e. The SMILES string of the molecule is CC(C)Cc1nn(-c2cccc(Br)c2)c(Cl)c1CO.